The zero-order valence-corrected chi connectivity index (χ0v) is 13.1. The molecule has 1 heterocycles. The lowest BCUT2D eigenvalue weighted by molar-refractivity contribution is -0.387. The second kappa shape index (κ2) is 6.51. The van der Waals surface area contributed by atoms with Gasteiger partial charge < -0.3 is 5.11 Å². The fourth-order valence-corrected chi connectivity index (χ4v) is 3.35. The van der Waals surface area contributed by atoms with Gasteiger partial charge in [0.2, 0.25) is 0 Å². The summed E-state index contributed by atoms with van der Waals surface area (Å²) < 4.78 is 0.851. The van der Waals surface area contributed by atoms with Crippen LogP contribution in [0, 0.1) is 10.1 Å². The number of halogens is 1. The number of aromatic nitrogens is 1. The number of fused-ring (bicyclic) bond motifs is 1. The number of aliphatic hydroxyl groups is 1. The van der Waals surface area contributed by atoms with Crippen LogP contribution in [0.25, 0.3) is 10.9 Å². The molecular weight excluding hydrogens is 344 g/mol. The van der Waals surface area contributed by atoms with Gasteiger partial charge in [0, 0.05) is 21.7 Å². The lowest BCUT2D eigenvalue weighted by Gasteiger charge is -2.12. The molecule has 0 aliphatic carbocycles. The van der Waals surface area contributed by atoms with E-state index in [2.05, 4.69) is 20.9 Å². The lowest BCUT2D eigenvalue weighted by Crippen LogP contribution is -2.01. The highest BCUT2D eigenvalue weighted by molar-refractivity contribution is 9.10. The van der Waals surface area contributed by atoms with Crippen molar-refractivity contribution in [3.63, 3.8) is 0 Å². The Hall–Kier alpha value is -1.18. The Morgan fingerprint density at radius 3 is 2.95 bits per heavy atom. The SMILES string of the molecule is CC(CCO)Sc1c([N+](=O)[O-])cnc2ccc(Br)cc12. The Labute approximate surface area is 128 Å². The van der Waals surface area contributed by atoms with Gasteiger partial charge in [-0.2, -0.15) is 0 Å². The minimum Gasteiger partial charge on any atom is -0.396 e. The van der Waals surface area contributed by atoms with Crippen molar-refractivity contribution >= 4 is 44.3 Å². The second-order valence-corrected chi connectivity index (χ2v) is 6.70. The van der Waals surface area contributed by atoms with Crippen molar-refractivity contribution in [1.29, 1.82) is 0 Å². The number of benzene rings is 1. The Kier molecular flexibility index (Phi) is 4.95. The summed E-state index contributed by atoms with van der Waals surface area (Å²) >= 11 is 4.78. The first-order valence-electron chi connectivity index (χ1n) is 6.03. The van der Waals surface area contributed by atoms with Crippen LogP contribution in [0.3, 0.4) is 0 Å². The van der Waals surface area contributed by atoms with E-state index in [-0.39, 0.29) is 17.5 Å². The molecule has 7 heteroatoms. The molecule has 0 saturated carbocycles. The van der Waals surface area contributed by atoms with Crippen LogP contribution in [-0.4, -0.2) is 26.9 Å². The number of nitro groups is 1. The molecule has 5 nitrogen and oxygen atoms in total. The summed E-state index contributed by atoms with van der Waals surface area (Å²) in [6, 6.07) is 5.51. The summed E-state index contributed by atoms with van der Waals surface area (Å²) in [7, 11) is 0. The van der Waals surface area contributed by atoms with Gasteiger partial charge in [0.1, 0.15) is 6.20 Å². The number of thioether (sulfide) groups is 1. The van der Waals surface area contributed by atoms with Crippen molar-refractivity contribution < 1.29 is 10.0 Å². The molecule has 0 amide bonds. The number of hydrogen-bond acceptors (Lipinski definition) is 5. The molecule has 0 aliphatic rings. The van der Waals surface area contributed by atoms with Crippen molar-refractivity contribution in [2.24, 2.45) is 0 Å². The van der Waals surface area contributed by atoms with Gasteiger partial charge in [-0.05, 0) is 24.6 Å². The van der Waals surface area contributed by atoms with E-state index in [1.54, 1.807) is 0 Å². The van der Waals surface area contributed by atoms with Crippen LogP contribution >= 0.6 is 27.7 Å². The van der Waals surface area contributed by atoms with Gasteiger partial charge in [-0.3, -0.25) is 10.1 Å². The normalized spacial score (nSPS) is 12.6. The van der Waals surface area contributed by atoms with E-state index in [1.807, 2.05) is 25.1 Å². The second-order valence-electron chi connectivity index (χ2n) is 4.33. The first kappa shape index (κ1) is 15.2. The van der Waals surface area contributed by atoms with Crippen molar-refractivity contribution in [1.82, 2.24) is 4.98 Å². The Balaban J connectivity index is 2.58. The molecule has 1 unspecified atom stereocenters. The number of nitrogens with zero attached hydrogens (tertiary/aromatic N) is 2. The average Bonchev–Trinajstić information content (AvgIpc) is 2.39. The highest BCUT2D eigenvalue weighted by Crippen LogP contribution is 2.38. The topological polar surface area (TPSA) is 76.3 Å². The molecule has 106 valence electrons. The first-order chi connectivity index (χ1) is 9.52. The van der Waals surface area contributed by atoms with Gasteiger partial charge in [-0.25, -0.2) is 4.98 Å². The van der Waals surface area contributed by atoms with Crippen molar-refractivity contribution in [3.8, 4) is 0 Å². The smallest absolute Gasteiger partial charge is 0.301 e. The van der Waals surface area contributed by atoms with Crippen LogP contribution in [-0.2, 0) is 0 Å². The number of hydrogen-bond donors (Lipinski definition) is 1. The van der Waals surface area contributed by atoms with Crippen LogP contribution in [0.2, 0.25) is 0 Å². The predicted molar refractivity (Wildman–Crippen MR) is 83.1 cm³/mol. The molecule has 1 aromatic heterocycles. The van der Waals surface area contributed by atoms with Gasteiger partial charge in [0.05, 0.1) is 15.3 Å². The average molecular weight is 357 g/mol. The molecule has 1 N–H and O–H groups in total. The minimum atomic E-state index is -0.415. The van der Waals surface area contributed by atoms with Crippen molar-refractivity contribution in [2.75, 3.05) is 6.61 Å². The molecule has 0 saturated heterocycles. The molecule has 0 radical (unpaired) electrons. The van der Waals surface area contributed by atoms with E-state index < -0.39 is 4.92 Å². The Morgan fingerprint density at radius 2 is 2.30 bits per heavy atom. The van der Waals surface area contributed by atoms with Gasteiger partial charge in [-0.15, -0.1) is 11.8 Å². The van der Waals surface area contributed by atoms with E-state index in [1.165, 1.54) is 18.0 Å². The molecule has 0 fully saturated rings. The molecule has 0 bridgehead atoms. The maximum absolute atomic E-state index is 11.2. The quantitative estimate of drug-likeness (QED) is 0.501. The molecule has 2 rings (SSSR count). The first-order valence-corrected chi connectivity index (χ1v) is 7.70. The molecular formula is C13H13BrN2O3S. The van der Waals surface area contributed by atoms with E-state index >= 15 is 0 Å². The third-order valence-corrected chi connectivity index (χ3v) is 4.61. The summed E-state index contributed by atoms with van der Waals surface area (Å²) in [6.07, 6.45) is 1.88. The summed E-state index contributed by atoms with van der Waals surface area (Å²) in [6.45, 7) is 2.00. The van der Waals surface area contributed by atoms with E-state index in [9.17, 15) is 10.1 Å². The molecule has 1 atom stereocenters. The lowest BCUT2D eigenvalue weighted by atomic mass is 10.2. The zero-order valence-electron chi connectivity index (χ0n) is 10.7. The van der Waals surface area contributed by atoms with Crippen LogP contribution in [0.15, 0.2) is 33.8 Å². The molecule has 0 spiro atoms. The largest absolute Gasteiger partial charge is 0.396 e. The Bertz CT molecular complexity index is 651. The van der Waals surface area contributed by atoms with Crippen molar-refractivity contribution in [3.05, 3.63) is 39.0 Å². The molecule has 0 aliphatic heterocycles. The van der Waals surface area contributed by atoms with E-state index in [4.69, 9.17) is 5.11 Å². The summed E-state index contributed by atoms with van der Waals surface area (Å²) in [5.41, 5.74) is 0.725. The zero-order chi connectivity index (χ0) is 14.7. The predicted octanol–water partition coefficient (Wildman–Crippen LogP) is 3.77. The third-order valence-electron chi connectivity index (χ3n) is 2.81. The maximum atomic E-state index is 11.2. The fraction of sp³-hybridized carbons (Fsp3) is 0.308. The van der Waals surface area contributed by atoms with Crippen LogP contribution < -0.4 is 0 Å². The molecule has 2 aromatic rings. The van der Waals surface area contributed by atoms with Gasteiger partial charge in [0.15, 0.2) is 0 Å². The monoisotopic (exact) mass is 356 g/mol. The fourth-order valence-electron chi connectivity index (χ4n) is 1.83. The number of aliphatic hydroxyl groups excluding tert-OH is 1. The van der Waals surface area contributed by atoms with Gasteiger partial charge >= 0.3 is 5.69 Å². The standard InChI is InChI=1S/C13H13BrN2O3S/c1-8(4-5-17)20-13-10-6-9(14)2-3-11(10)15-7-12(13)16(18)19/h2-3,6-8,17H,4-5H2,1H3. The summed E-state index contributed by atoms with van der Waals surface area (Å²) in [5.74, 6) is 0. The third kappa shape index (κ3) is 3.28. The highest BCUT2D eigenvalue weighted by atomic mass is 79.9. The summed E-state index contributed by atoms with van der Waals surface area (Å²) in [5, 5.41) is 21.0. The van der Waals surface area contributed by atoms with Crippen LogP contribution in [0.5, 0.6) is 0 Å². The number of pyridine rings is 1. The molecule has 20 heavy (non-hydrogen) atoms. The molecule has 1 aromatic carbocycles. The number of rotatable bonds is 5. The van der Waals surface area contributed by atoms with Crippen LogP contribution in [0.4, 0.5) is 5.69 Å². The van der Waals surface area contributed by atoms with Crippen LogP contribution in [0.1, 0.15) is 13.3 Å². The van der Waals surface area contributed by atoms with Gasteiger partial charge in [-0.1, -0.05) is 22.9 Å². The van der Waals surface area contributed by atoms with Gasteiger partial charge in [0.25, 0.3) is 0 Å². The highest BCUT2D eigenvalue weighted by Gasteiger charge is 2.20. The van der Waals surface area contributed by atoms with E-state index in [0.717, 1.165) is 15.4 Å². The maximum Gasteiger partial charge on any atom is 0.301 e. The summed E-state index contributed by atoms with van der Waals surface area (Å²) in [4.78, 5) is 15.5. The minimum absolute atomic E-state index is 0.00499. The Morgan fingerprint density at radius 1 is 1.55 bits per heavy atom. The van der Waals surface area contributed by atoms with Crippen molar-refractivity contribution in [2.45, 2.75) is 23.5 Å². The van der Waals surface area contributed by atoms with E-state index in [0.29, 0.717) is 11.3 Å².